The van der Waals surface area contributed by atoms with Gasteiger partial charge in [-0.2, -0.15) is 0 Å². The summed E-state index contributed by atoms with van der Waals surface area (Å²) in [5.74, 6) is 1.80. The molecule has 7 heteroatoms. The van der Waals surface area contributed by atoms with Crippen molar-refractivity contribution in [1.29, 1.82) is 0 Å². The van der Waals surface area contributed by atoms with Crippen LogP contribution in [0.5, 0.6) is 0 Å². The van der Waals surface area contributed by atoms with Crippen LogP contribution in [0.25, 0.3) is 87.5 Å². The van der Waals surface area contributed by atoms with Crippen LogP contribution in [0.15, 0.2) is 234 Å². The van der Waals surface area contributed by atoms with Crippen LogP contribution >= 0.6 is 11.3 Å². The van der Waals surface area contributed by atoms with E-state index in [1.165, 1.54) is 31.3 Å². The van der Waals surface area contributed by atoms with E-state index in [1.54, 1.807) is 0 Å². The van der Waals surface area contributed by atoms with Gasteiger partial charge in [0.25, 0.3) is 0 Å². The van der Waals surface area contributed by atoms with Gasteiger partial charge in [0.05, 0.1) is 33.5 Å². The van der Waals surface area contributed by atoms with E-state index >= 15 is 0 Å². The second kappa shape index (κ2) is 15.6. The highest BCUT2D eigenvalue weighted by Crippen LogP contribution is 2.41. The highest BCUT2D eigenvalue weighted by atomic mass is 32.1. The molecule has 1 aliphatic rings. The number of hydrogen-bond donors (Lipinski definition) is 0. The lowest BCUT2D eigenvalue weighted by Crippen LogP contribution is -2.14. The summed E-state index contributed by atoms with van der Waals surface area (Å²) in [6.07, 6.45) is -0.409. The topological polar surface area (TPSA) is 60.4 Å². The molecule has 0 amide bonds. The smallest absolute Gasteiger partial charge is 0.166 e. The Morgan fingerprint density at radius 2 is 0.833 bits per heavy atom. The summed E-state index contributed by atoms with van der Waals surface area (Å²) in [6.45, 7) is 0. The SMILES string of the molecule is c1ccc(-c2nc3ccccc3n2-c2ccc(C3=NC(c4ccc(-c5cccc6c5sc5ccccc56)cc4)N=C3c3ccc(-n4c(-c5ccccc5)nc5ccccc54)cc3)cc2)cc1. The van der Waals surface area contributed by atoms with Crippen LogP contribution < -0.4 is 0 Å². The molecule has 0 aliphatic carbocycles. The molecule has 310 valence electrons. The number of hydrogen-bond acceptors (Lipinski definition) is 5. The maximum atomic E-state index is 5.42. The van der Waals surface area contributed by atoms with Crippen molar-refractivity contribution in [3.05, 3.63) is 241 Å². The average Bonchev–Trinajstić information content (AvgIpc) is 4.19. The molecule has 9 aromatic carbocycles. The summed E-state index contributed by atoms with van der Waals surface area (Å²) in [6, 6.07) is 78.9. The molecule has 13 rings (SSSR count). The maximum absolute atomic E-state index is 5.42. The van der Waals surface area contributed by atoms with Crippen LogP contribution in [-0.2, 0) is 0 Å². The highest BCUT2D eigenvalue weighted by molar-refractivity contribution is 7.26. The molecular weight excluding hydrogens is 825 g/mol. The molecule has 0 atom stereocenters. The quantitative estimate of drug-likeness (QED) is 0.153. The van der Waals surface area contributed by atoms with Gasteiger partial charge in [-0.05, 0) is 71.3 Å². The monoisotopic (exact) mass is 862 g/mol. The van der Waals surface area contributed by atoms with Crippen LogP contribution in [0, 0.1) is 0 Å². The standard InChI is InChI=1S/C59H38N6S/c1-3-14-42(15-4-1)58-60-49-21-8-10-23-51(49)64(58)44-34-30-39(31-35-44)54-55(40-32-36-45(37-33-40)65-52-24-11-9-22-50(52)61-59(65)43-16-5-2-6-17-43)63-57(62-54)41-28-26-38(27-29-41)46-19-13-20-48-47-18-7-12-25-53(47)66-56(46)48/h1-37,57H. The fourth-order valence-corrected chi connectivity index (χ4v) is 10.7. The second-order valence-electron chi connectivity index (χ2n) is 16.6. The Morgan fingerprint density at radius 1 is 0.364 bits per heavy atom. The molecule has 0 bridgehead atoms. The van der Waals surface area contributed by atoms with Gasteiger partial charge >= 0.3 is 0 Å². The molecular formula is C59H38N6S. The predicted octanol–water partition coefficient (Wildman–Crippen LogP) is 14.7. The Morgan fingerprint density at radius 3 is 1.39 bits per heavy atom. The lowest BCUT2D eigenvalue weighted by atomic mass is 9.99. The molecule has 6 nitrogen and oxygen atoms in total. The summed E-state index contributed by atoms with van der Waals surface area (Å²) in [4.78, 5) is 21.0. The van der Waals surface area contributed by atoms with Crippen LogP contribution in [0.4, 0.5) is 0 Å². The van der Waals surface area contributed by atoms with Gasteiger partial charge in [-0.15, -0.1) is 11.3 Å². The van der Waals surface area contributed by atoms with Gasteiger partial charge in [0, 0.05) is 53.8 Å². The third kappa shape index (κ3) is 6.39. The van der Waals surface area contributed by atoms with Crippen LogP contribution in [0.3, 0.4) is 0 Å². The fraction of sp³-hybridized carbons (Fsp3) is 0.0169. The molecule has 0 saturated heterocycles. The minimum absolute atomic E-state index is 0.409. The number of aromatic nitrogens is 4. The first-order chi connectivity index (χ1) is 32.7. The van der Waals surface area contributed by atoms with Gasteiger partial charge in [0.1, 0.15) is 11.6 Å². The zero-order valence-corrected chi connectivity index (χ0v) is 36.3. The van der Waals surface area contributed by atoms with Crippen molar-refractivity contribution < 1.29 is 0 Å². The van der Waals surface area contributed by atoms with Crippen molar-refractivity contribution in [1.82, 2.24) is 19.1 Å². The third-order valence-corrected chi connectivity index (χ3v) is 13.9. The molecule has 66 heavy (non-hydrogen) atoms. The Bertz CT molecular complexity index is 3670. The van der Waals surface area contributed by atoms with E-state index in [4.69, 9.17) is 20.0 Å². The van der Waals surface area contributed by atoms with Crippen LogP contribution in [0.2, 0.25) is 0 Å². The van der Waals surface area contributed by atoms with Gasteiger partial charge in [0.2, 0.25) is 0 Å². The average molecular weight is 863 g/mol. The van der Waals surface area contributed by atoms with Gasteiger partial charge in [0.15, 0.2) is 6.17 Å². The largest absolute Gasteiger partial charge is 0.292 e. The molecule has 0 unspecified atom stereocenters. The summed E-state index contributed by atoms with van der Waals surface area (Å²) < 4.78 is 7.09. The third-order valence-electron chi connectivity index (χ3n) is 12.6. The van der Waals surface area contributed by atoms with Crippen molar-refractivity contribution in [3.63, 3.8) is 0 Å². The van der Waals surface area contributed by atoms with Crippen molar-refractivity contribution in [2.75, 3.05) is 0 Å². The molecule has 3 aromatic heterocycles. The first kappa shape index (κ1) is 38.0. The zero-order valence-electron chi connectivity index (χ0n) is 35.5. The first-order valence-corrected chi connectivity index (χ1v) is 23.0. The maximum Gasteiger partial charge on any atom is 0.166 e. The fourth-order valence-electron chi connectivity index (χ4n) is 9.45. The number of imidazole rings is 2. The molecule has 1 aliphatic heterocycles. The predicted molar refractivity (Wildman–Crippen MR) is 274 cm³/mol. The molecule has 0 spiro atoms. The van der Waals surface area contributed by atoms with E-state index in [0.717, 1.165) is 84.3 Å². The van der Waals surface area contributed by atoms with Crippen LogP contribution in [0.1, 0.15) is 22.9 Å². The van der Waals surface area contributed by atoms with E-state index in [0.29, 0.717) is 0 Å². The summed E-state index contributed by atoms with van der Waals surface area (Å²) in [5, 5.41) is 2.60. The second-order valence-corrected chi connectivity index (χ2v) is 17.6. The first-order valence-electron chi connectivity index (χ1n) is 22.2. The molecule has 0 N–H and O–H groups in total. The Balaban J connectivity index is 0.900. The summed E-state index contributed by atoms with van der Waals surface area (Å²) in [5.41, 5.74) is 15.3. The van der Waals surface area contributed by atoms with Crippen LogP contribution in [-0.4, -0.2) is 30.5 Å². The van der Waals surface area contributed by atoms with Crippen molar-refractivity contribution in [3.8, 4) is 45.3 Å². The molecule has 0 saturated carbocycles. The number of para-hydroxylation sites is 4. The number of thiophene rings is 1. The number of aliphatic imine (C=N–C) groups is 2. The highest BCUT2D eigenvalue weighted by Gasteiger charge is 2.26. The van der Waals surface area contributed by atoms with Gasteiger partial charge in [-0.3, -0.25) is 19.1 Å². The molecule has 12 aromatic rings. The zero-order chi connectivity index (χ0) is 43.6. The minimum atomic E-state index is -0.409. The van der Waals surface area contributed by atoms with Gasteiger partial charge in [-0.1, -0.05) is 170 Å². The number of benzene rings is 9. The van der Waals surface area contributed by atoms with E-state index < -0.39 is 6.17 Å². The Kier molecular flexibility index (Phi) is 8.99. The van der Waals surface area contributed by atoms with E-state index in [1.807, 2.05) is 35.6 Å². The van der Waals surface area contributed by atoms with Gasteiger partial charge < -0.3 is 0 Å². The van der Waals surface area contributed by atoms with Crippen molar-refractivity contribution >= 4 is 65.0 Å². The number of fused-ring (bicyclic) bond motifs is 5. The van der Waals surface area contributed by atoms with Crippen molar-refractivity contribution in [2.24, 2.45) is 9.98 Å². The van der Waals surface area contributed by atoms with Gasteiger partial charge in [-0.25, -0.2) is 9.97 Å². The normalized spacial score (nSPS) is 13.0. The Labute approximate surface area is 384 Å². The molecule has 0 fully saturated rings. The lowest BCUT2D eigenvalue weighted by molar-refractivity contribution is 0.798. The lowest BCUT2D eigenvalue weighted by Gasteiger charge is -2.13. The molecule has 4 heterocycles. The summed E-state index contributed by atoms with van der Waals surface area (Å²) >= 11 is 1.85. The number of rotatable bonds is 8. The summed E-state index contributed by atoms with van der Waals surface area (Å²) in [7, 11) is 0. The van der Waals surface area contributed by atoms with E-state index in [-0.39, 0.29) is 0 Å². The molecule has 0 radical (unpaired) electrons. The minimum Gasteiger partial charge on any atom is -0.292 e. The van der Waals surface area contributed by atoms with E-state index in [9.17, 15) is 0 Å². The van der Waals surface area contributed by atoms with Crippen molar-refractivity contribution in [2.45, 2.75) is 6.17 Å². The number of nitrogens with zero attached hydrogens (tertiary/aromatic N) is 6. The Hall–Kier alpha value is -8.52. The van der Waals surface area contributed by atoms with E-state index in [2.05, 4.69) is 209 Å².